The molecular formula is C18H24N2O7S. The number of hydrogen-bond acceptors (Lipinski definition) is 8. The second-order valence-corrected chi connectivity index (χ2v) is 8.22. The molecule has 0 aliphatic carbocycles. The highest BCUT2D eigenvalue weighted by Gasteiger charge is 2.32. The number of hydrogen-bond donors (Lipinski definition) is 1. The lowest BCUT2D eigenvalue weighted by molar-refractivity contribution is -0.140. The van der Waals surface area contributed by atoms with Crippen molar-refractivity contribution in [1.29, 1.82) is 0 Å². The Balaban J connectivity index is 2.38. The number of rotatable bonds is 7. The molecule has 10 heteroatoms. The largest absolute Gasteiger partial charge is 0.466 e. The first-order valence-corrected chi connectivity index (χ1v) is 10.0. The summed E-state index contributed by atoms with van der Waals surface area (Å²) in [6.45, 7) is 4.02. The first-order valence-electron chi connectivity index (χ1n) is 8.56. The number of nitrogens with zero attached hydrogens (tertiary/aromatic N) is 1. The summed E-state index contributed by atoms with van der Waals surface area (Å²) in [6, 6.07) is 5.88. The summed E-state index contributed by atoms with van der Waals surface area (Å²) >= 11 is 0. The van der Waals surface area contributed by atoms with E-state index in [4.69, 9.17) is 14.2 Å². The Morgan fingerprint density at radius 2 is 1.75 bits per heavy atom. The van der Waals surface area contributed by atoms with Crippen LogP contribution < -0.4 is 9.62 Å². The van der Waals surface area contributed by atoms with Crippen LogP contribution in [0.4, 0.5) is 5.69 Å². The van der Waals surface area contributed by atoms with E-state index in [0.717, 1.165) is 0 Å². The van der Waals surface area contributed by atoms with E-state index in [1.165, 1.54) is 43.4 Å². The molecule has 154 valence electrons. The number of carbonyl (C=O) groups excluding carboxylic acids is 2. The Morgan fingerprint density at radius 3 is 2.29 bits per heavy atom. The minimum Gasteiger partial charge on any atom is -0.466 e. The summed E-state index contributed by atoms with van der Waals surface area (Å²) in [5.74, 6) is -1.26. The lowest BCUT2D eigenvalue weighted by Gasteiger charge is -2.31. The van der Waals surface area contributed by atoms with Crippen LogP contribution in [0.2, 0.25) is 0 Å². The Bertz CT molecular complexity index is 860. The number of nitrogens with one attached hydrogen (secondary N) is 1. The summed E-state index contributed by atoms with van der Waals surface area (Å²) in [4.78, 5) is 25.8. The SMILES string of the molecule is COC(=O)C1=C(C(=O)OC)N(c2ccc(S(=O)(=O)NCC(C)C)cc2)COC1. The maximum atomic E-state index is 12.3. The Hall–Kier alpha value is -2.43. The molecule has 0 fully saturated rings. The highest BCUT2D eigenvalue weighted by atomic mass is 32.2. The summed E-state index contributed by atoms with van der Waals surface area (Å²) in [5, 5.41) is 0. The topological polar surface area (TPSA) is 111 Å². The molecule has 0 bridgehead atoms. The van der Waals surface area contributed by atoms with Crippen molar-refractivity contribution in [2.24, 2.45) is 5.92 Å². The average Bonchev–Trinajstić information content (AvgIpc) is 2.70. The van der Waals surface area contributed by atoms with Gasteiger partial charge in [-0.1, -0.05) is 13.8 Å². The van der Waals surface area contributed by atoms with Crippen molar-refractivity contribution in [3.8, 4) is 0 Å². The van der Waals surface area contributed by atoms with Crippen LogP contribution in [0.5, 0.6) is 0 Å². The monoisotopic (exact) mass is 412 g/mol. The predicted molar refractivity (Wildman–Crippen MR) is 101 cm³/mol. The summed E-state index contributed by atoms with van der Waals surface area (Å²) in [7, 11) is -1.24. The molecule has 0 unspecified atom stereocenters. The normalized spacial score (nSPS) is 15.0. The van der Waals surface area contributed by atoms with Gasteiger partial charge in [0.05, 0.1) is 31.3 Å². The zero-order valence-electron chi connectivity index (χ0n) is 16.2. The molecule has 28 heavy (non-hydrogen) atoms. The van der Waals surface area contributed by atoms with Crippen LogP contribution in [-0.2, 0) is 33.8 Å². The Morgan fingerprint density at radius 1 is 1.14 bits per heavy atom. The van der Waals surface area contributed by atoms with Crippen LogP contribution in [0, 0.1) is 5.92 Å². The lowest BCUT2D eigenvalue weighted by atomic mass is 10.1. The van der Waals surface area contributed by atoms with Gasteiger partial charge >= 0.3 is 11.9 Å². The van der Waals surface area contributed by atoms with Gasteiger partial charge in [0.2, 0.25) is 10.0 Å². The highest BCUT2D eigenvalue weighted by molar-refractivity contribution is 7.89. The molecule has 1 aliphatic rings. The van der Waals surface area contributed by atoms with Crippen molar-refractivity contribution in [2.75, 3.05) is 39.0 Å². The van der Waals surface area contributed by atoms with Crippen molar-refractivity contribution in [3.05, 3.63) is 35.5 Å². The van der Waals surface area contributed by atoms with Crippen LogP contribution in [-0.4, -0.2) is 54.5 Å². The van der Waals surface area contributed by atoms with Crippen LogP contribution in [0.15, 0.2) is 40.4 Å². The molecule has 0 saturated heterocycles. The fourth-order valence-corrected chi connectivity index (χ4v) is 3.73. The molecule has 1 aromatic rings. The minimum atomic E-state index is -3.64. The van der Waals surface area contributed by atoms with E-state index >= 15 is 0 Å². The molecule has 1 aliphatic heterocycles. The molecule has 1 N–H and O–H groups in total. The van der Waals surface area contributed by atoms with Gasteiger partial charge in [0.1, 0.15) is 12.4 Å². The Labute approximate surface area is 164 Å². The zero-order chi connectivity index (χ0) is 20.9. The third kappa shape index (κ3) is 4.89. The van der Waals surface area contributed by atoms with Crippen molar-refractivity contribution in [2.45, 2.75) is 18.7 Å². The van der Waals surface area contributed by atoms with Gasteiger partial charge in [-0.25, -0.2) is 22.7 Å². The van der Waals surface area contributed by atoms with E-state index in [0.29, 0.717) is 12.2 Å². The van der Waals surface area contributed by atoms with E-state index in [-0.39, 0.29) is 35.4 Å². The molecule has 1 heterocycles. The number of esters is 2. The van der Waals surface area contributed by atoms with Crippen molar-refractivity contribution < 1.29 is 32.2 Å². The third-order valence-electron chi connectivity index (χ3n) is 3.97. The Kier molecular flexibility index (Phi) is 7.17. The third-order valence-corrected chi connectivity index (χ3v) is 5.41. The second kappa shape index (κ2) is 9.18. The molecule has 1 aromatic carbocycles. The summed E-state index contributed by atoms with van der Waals surface area (Å²) < 4.78 is 42.1. The fraction of sp³-hybridized carbons (Fsp3) is 0.444. The van der Waals surface area contributed by atoms with Crippen molar-refractivity contribution in [3.63, 3.8) is 0 Å². The molecule has 0 radical (unpaired) electrons. The van der Waals surface area contributed by atoms with Crippen molar-refractivity contribution >= 4 is 27.6 Å². The molecule has 2 rings (SSSR count). The van der Waals surface area contributed by atoms with Gasteiger partial charge in [0.15, 0.2) is 0 Å². The maximum Gasteiger partial charge on any atom is 0.355 e. The zero-order valence-corrected chi connectivity index (χ0v) is 17.0. The molecular weight excluding hydrogens is 388 g/mol. The lowest BCUT2D eigenvalue weighted by Crippen LogP contribution is -2.38. The van der Waals surface area contributed by atoms with Crippen LogP contribution in [0.3, 0.4) is 0 Å². The molecule has 0 atom stereocenters. The van der Waals surface area contributed by atoms with Gasteiger partial charge in [0, 0.05) is 12.2 Å². The molecule has 0 amide bonds. The van der Waals surface area contributed by atoms with Gasteiger partial charge in [-0.3, -0.25) is 0 Å². The molecule has 0 spiro atoms. The number of ether oxygens (including phenoxy) is 3. The summed E-state index contributed by atoms with van der Waals surface area (Å²) in [5.41, 5.74) is 0.481. The van der Waals surface area contributed by atoms with Gasteiger partial charge in [-0.05, 0) is 30.2 Å². The standard InChI is InChI=1S/C18H24N2O7S/c1-12(2)9-19-28(23,24)14-7-5-13(6-8-14)20-11-27-10-15(17(21)25-3)16(20)18(22)26-4/h5-8,12,19H,9-11H2,1-4H3. The van der Waals surface area contributed by atoms with E-state index in [2.05, 4.69) is 4.72 Å². The van der Waals surface area contributed by atoms with Gasteiger partial charge in [-0.2, -0.15) is 0 Å². The highest BCUT2D eigenvalue weighted by Crippen LogP contribution is 2.27. The smallest absolute Gasteiger partial charge is 0.355 e. The number of methoxy groups -OCH3 is 2. The molecule has 0 saturated carbocycles. The number of anilines is 1. The van der Waals surface area contributed by atoms with Crippen LogP contribution in [0.25, 0.3) is 0 Å². The average molecular weight is 412 g/mol. The summed E-state index contributed by atoms with van der Waals surface area (Å²) in [6.07, 6.45) is 0. The minimum absolute atomic E-state index is 0.00543. The van der Waals surface area contributed by atoms with E-state index in [9.17, 15) is 18.0 Å². The fourth-order valence-electron chi connectivity index (χ4n) is 2.51. The van der Waals surface area contributed by atoms with Crippen LogP contribution in [0.1, 0.15) is 13.8 Å². The molecule has 9 nitrogen and oxygen atoms in total. The predicted octanol–water partition coefficient (Wildman–Crippen LogP) is 1.02. The second-order valence-electron chi connectivity index (χ2n) is 6.46. The quantitative estimate of drug-likeness (QED) is 0.661. The van der Waals surface area contributed by atoms with E-state index in [1.54, 1.807) is 0 Å². The number of benzene rings is 1. The van der Waals surface area contributed by atoms with Crippen molar-refractivity contribution in [1.82, 2.24) is 4.72 Å². The maximum absolute atomic E-state index is 12.3. The molecule has 0 aromatic heterocycles. The van der Waals surface area contributed by atoms with Gasteiger partial charge in [0.25, 0.3) is 0 Å². The van der Waals surface area contributed by atoms with E-state index < -0.39 is 22.0 Å². The van der Waals surface area contributed by atoms with Gasteiger partial charge < -0.3 is 19.1 Å². The number of sulfonamides is 1. The first kappa shape index (κ1) is 21.9. The van der Waals surface area contributed by atoms with E-state index in [1.807, 2.05) is 13.8 Å². The first-order chi connectivity index (χ1) is 13.2. The van der Waals surface area contributed by atoms with Crippen LogP contribution >= 0.6 is 0 Å². The number of carbonyl (C=O) groups is 2. The van der Waals surface area contributed by atoms with Gasteiger partial charge in [-0.15, -0.1) is 0 Å².